The zero-order valence-electron chi connectivity index (χ0n) is 11.9. The van der Waals surface area contributed by atoms with Crippen LogP contribution in [0.3, 0.4) is 0 Å². The molecule has 0 heterocycles. The molecule has 4 nitrogen and oxygen atoms in total. The largest absolute Gasteiger partial charge is 0.478 e. The molecule has 0 atom stereocenters. The maximum atomic E-state index is 11.6. The third kappa shape index (κ3) is 3.11. The van der Waals surface area contributed by atoms with E-state index in [1.807, 2.05) is 6.07 Å². The highest BCUT2D eigenvalue weighted by Gasteiger charge is 2.12. The molecule has 0 spiro atoms. The van der Waals surface area contributed by atoms with E-state index in [0.717, 1.165) is 11.1 Å². The Morgan fingerprint density at radius 3 is 2.33 bits per heavy atom. The fourth-order valence-electron chi connectivity index (χ4n) is 2.18. The van der Waals surface area contributed by atoms with E-state index >= 15 is 0 Å². The highest BCUT2D eigenvalue weighted by molar-refractivity contribution is 5.93. The second-order valence-electron chi connectivity index (χ2n) is 4.58. The molecule has 0 saturated carbocycles. The van der Waals surface area contributed by atoms with E-state index in [4.69, 9.17) is 9.84 Å². The molecule has 0 aliphatic rings. The van der Waals surface area contributed by atoms with Crippen molar-refractivity contribution in [3.8, 4) is 11.1 Å². The lowest BCUT2D eigenvalue weighted by Gasteiger charge is -2.09. The Labute approximate surface area is 123 Å². The van der Waals surface area contributed by atoms with Crippen molar-refractivity contribution in [3.63, 3.8) is 0 Å². The van der Waals surface area contributed by atoms with Gasteiger partial charge in [0.05, 0.1) is 17.7 Å². The summed E-state index contributed by atoms with van der Waals surface area (Å²) >= 11 is 0. The number of benzene rings is 2. The van der Waals surface area contributed by atoms with Gasteiger partial charge in [0.1, 0.15) is 0 Å². The average Bonchev–Trinajstić information content (AvgIpc) is 2.47. The van der Waals surface area contributed by atoms with Crippen LogP contribution < -0.4 is 0 Å². The van der Waals surface area contributed by atoms with Crippen LogP contribution in [0.2, 0.25) is 0 Å². The van der Waals surface area contributed by atoms with Crippen molar-refractivity contribution in [1.82, 2.24) is 0 Å². The Bertz CT molecular complexity index is 672. The summed E-state index contributed by atoms with van der Waals surface area (Å²) in [5.41, 5.74) is 3.16. The lowest BCUT2D eigenvalue weighted by Crippen LogP contribution is -2.04. The molecule has 0 aromatic heterocycles. The highest BCUT2D eigenvalue weighted by atomic mass is 16.5. The Hall–Kier alpha value is -2.62. The molecular weight excluding hydrogens is 268 g/mol. The van der Waals surface area contributed by atoms with Crippen LogP contribution in [-0.2, 0) is 4.74 Å². The van der Waals surface area contributed by atoms with Crippen molar-refractivity contribution in [2.24, 2.45) is 0 Å². The topological polar surface area (TPSA) is 63.6 Å². The van der Waals surface area contributed by atoms with Gasteiger partial charge in [-0.25, -0.2) is 9.59 Å². The van der Waals surface area contributed by atoms with Crippen LogP contribution in [0.15, 0.2) is 42.5 Å². The number of hydrogen-bond donors (Lipinski definition) is 1. The lowest BCUT2D eigenvalue weighted by molar-refractivity contribution is 0.0526. The third-order valence-corrected chi connectivity index (χ3v) is 3.27. The number of esters is 1. The Kier molecular flexibility index (Phi) is 4.38. The van der Waals surface area contributed by atoms with E-state index in [2.05, 4.69) is 0 Å². The number of aromatic carboxylic acids is 1. The van der Waals surface area contributed by atoms with Crippen molar-refractivity contribution in [2.75, 3.05) is 6.61 Å². The van der Waals surface area contributed by atoms with Crippen LogP contribution in [0, 0.1) is 6.92 Å². The maximum Gasteiger partial charge on any atom is 0.338 e. The minimum absolute atomic E-state index is 0.280. The molecule has 4 heteroatoms. The van der Waals surface area contributed by atoms with E-state index in [1.165, 1.54) is 0 Å². The minimum atomic E-state index is -0.947. The Morgan fingerprint density at radius 2 is 1.76 bits per heavy atom. The number of carboxylic acid groups (broad SMARTS) is 1. The molecule has 0 unspecified atom stereocenters. The van der Waals surface area contributed by atoms with E-state index < -0.39 is 5.97 Å². The number of carbonyl (C=O) groups excluding carboxylic acids is 1. The average molecular weight is 284 g/mol. The summed E-state index contributed by atoms with van der Waals surface area (Å²) < 4.78 is 4.93. The van der Waals surface area contributed by atoms with Gasteiger partial charge in [0.15, 0.2) is 0 Å². The second-order valence-corrected chi connectivity index (χ2v) is 4.58. The van der Waals surface area contributed by atoms with Crippen molar-refractivity contribution < 1.29 is 19.4 Å². The molecule has 2 rings (SSSR count). The molecule has 2 aromatic rings. The van der Waals surface area contributed by atoms with Crippen molar-refractivity contribution >= 4 is 11.9 Å². The molecule has 2 aromatic carbocycles. The van der Waals surface area contributed by atoms with E-state index in [-0.39, 0.29) is 11.5 Å². The third-order valence-electron chi connectivity index (χ3n) is 3.27. The van der Waals surface area contributed by atoms with Crippen molar-refractivity contribution in [3.05, 3.63) is 59.2 Å². The van der Waals surface area contributed by atoms with Crippen LogP contribution in [0.25, 0.3) is 11.1 Å². The molecule has 0 bridgehead atoms. The zero-order valence-corrected chi connectivity index (χ0v) is 11.9. The van der Waals surface area contributed by atoms with Gasteiger partial charge in [-0.1, -0.05) is 24.3 Å². The summed E-state index contributed by atoms with van der Waals surface area (Å²) in [6.45, 7) is 3.87. The summed E-state index contributed by atoms with van der Waals surface area (Å²) in [4.78, 5) is 22.8. The van der Waals surface area contributed by atoms with E-state index in [9.17, 15) is 9.59 Å². The van der Waals surface area contributed by atoms with E-state index in [1.54, 1.807) is 50.2 Å². The van der Waals surface area contributed by atoms with Crippen molar-refractivity contribution in [2.45, 2.75) is 13.8 Å². The smallest absolute Gasteiger partial charge is 0.338 e. The van der Waals surface area contributed by atoms with Crippen LogP contribution >= 0.6 is 0 Å². The Morgan fingerprint density at radius 1 is 1.10 bits per heavy atom. The molecule has 108 valence electrons. The van der Waals surface area contributed by atoms with Gasteiger partial charge in [0.2, 0.25) is 0 Å². The van der Waals surface area contributed by atoms with E-state index in [0.29, 0.717) is 17.7 Å². The zero-order chi connectivity index (χ0) is 15.4. The number of hydrogen-bond acceptors (Lipinski definition) is 3. The van der Waals surface area contributed by atoms with Crippen LogP contribution in [0.5, 0.6) is 0 Å². The molecule has 0 saturated heterocycles. The highest BCUT2D eigenvalue weighted by Crippen LogP contribution is 2.26. The first-order chi connectivity index (χ1) is 10.0. The predicted octanol–water partition coefficient (Wildman–Crippen LogP) is 3.54. The molecule has 0 aliphatic carbocycles. The molecular formula is C17H16O4. The van der Waals surface area contributed by atoms with Gasteiger partial charge in [-0.2, -0.15) is 0 Å². The van der Waals surface area contributed by atoms with Gasteiger partial charge in [-0.05, 0) is 48.7 Å². The number of ether oxygens (including phenoxy) is 1. The first kappa shape index (κ1) is 14.8. The fraction of sp³-hybridized carbons (Fsp3) is 0.176. The maximum absolute atomic E-state index is 11.6. The van der Waals surface area contributed by atoms with Gasteiger partial charge in [0, 0.05) is 0 Å². The molecule has 0 amide bonds. The van der Waals surface area contributed by atoms with Crippen molar-refractivity contribution in [1.29, 1.82) is 0 Å². The monoisotopic (exact) mass is 284 g/mol. The van der Waals surface area contributed by atoms with Gasteiger partial charge in [-0.3, -0.25) is 0 Å². The number of rotatable bonds is 4. The summed E-state index contributed by atoms with van der Waals surface area (Å²) in [5, 5.41) is 9.15. The molecule has 21 heavy (non-hydrogen) atoms. The van der Waals surface area contributed by atoms with Crippen LogP contribution in [0.4, 0.5) is 0 Å². The first-order valence-corrected chi connectivity index (χ1v) is 6.65. The first-order valence-electron chi connectivity index (χ1n) is 6.65. The van der Waals surface area contributed by atoms with Gasteiger partial charge in [-0.15, -0.1) is 0 Å². The van der Waals surface area contributed by atoms with Gasteiger partial charge in [0.25, 0.3) is 0 Å². The lowest BCUT2D eigenvalue weighted by atomic mass is 9.96. The molecule has 0 aliphatic heterocycles. The van der Waals surface area contributed by atoms with Gasteiger partial charge < -0.3 is 9.84 Å². The summed E-state index contributed by atoms with van der Waals surface area (Å²) in [6.07, 6.45) is 0. The van der Waals surface area contributed by atoms with Crippen LogP contribution in [0.1, 0.15) is 33.2 Å². The number of carbonyl (C=O) groups is 2. The SMILES string of the molecule is CCOC(=O)c1ccc(-c2cccc(C(=O)O)c2C)cc1. The standard InChI is InChI=1S/C17H16O4/c1-3-21-17(20)13-9-7-12(8-10-13)14-5-4-6-15(11(14)2)16(18)19/h4-10H,3H2,1-2H3,(H,18,19). The van der Waals surface area contributed by atoms with Gasteiger partial charge >= 0.3 is 11.9 Å². The summed E-state index contributed by atoms with van der Waals surface area (Å²) in [5.74, 6) is -1.31. The number of carboxylic acids is 1. The molecule has 0 radical (unpaired) electrons. The summed E-state index contributed by atoms with van der Waals surface area (Å²) in [7, 11) is 0. The summed E-state index contributed by atoms with van der Waals surface area (Å²) in [6, 6.07) is 12.1. The quantitative estimate of drug-likeness (QED) is 0.872. The Balaban J connectivity index is 2.37. The molecule has 0 fully saturated rings. The normalized spacial score (nSPS) is 10.2. The van der Waals surface area contributed by atoms with Crippen LogP contribution in [-0.4, -0.2) is 23.7 Å². The molecule has 1 N–H and O–H groups in total. The second kappa shape index (κ2) is 6.22. The predicted molar refractivity (Wildman–Crippen MR) is 79.5 cm³/mol. The fourth-order valence-corrected chi connectivity index (χ4v) is 2.18. The minimum Gasteiger partial charge on any atom is -0.478 e.